The minimum Gasteiger partial charge on any atom is -0.445 e. The average molecular weight is 360 g/mol. The summed E-state index contributed by atoms with van der Waals surface area (Å²) >= 11 is 0. The van der Waals surface area contributed by atoms with Gasteiger partial charge in [-0.05, 0) is 12.0 Å². The molecular formula is C19H25FN4O2. The van der Waals surface area contributed by atoms with Crippen molar-refractivity contribution in [3.05, 3.63) is 53.9 Å². The molecule has 3 rings (SSSR count). The van der Waals surface area contributed by atoms with Gasteiger partial charge in [-0.25, -0.2) is 9.18 Å². The van der Waals surface area contributed by atoms with E-state index in [0.29, 0.717) is 26.1 Å². The number of alkyl halides is 1. The Kier molecular flexibility index (Phi) is 5.88. The second kappa shape index (κ2) is 8.31. The molecule has 1 fully saturated rings. The highest BCUT2D eigenvalue weighted by Crippen LogP contribution is 2.23. The van der Waals surface area contributed by atoms with Gasteiger partial charge in [-0.3, -0.25) is 9.58 Å². The van der Waals surface area contributed by atoms with Crippen LogP contribution in [0.1, 0.15) is 17.5 Å². The predicted octanol–water partition coefficient (Wildman–Crippen LogP) is 2.60. The number of nitrogens with zero attached hydrogens (tertiary/aromatic N) is 4. The van der Waals surface area contributed by atoms with Crippen molar-refractivity contribution < 1.29 is 13.9 Å². The summed E-state index contributed by atoms with van der Waals surface area (Å²) in [4.78, 5) is 15.8. The Morgan fingerprint density at radius 3 is 2.81 bits per heavy atom. The largest absolute Gasteiger partial charge is 0.445 e. The molecule has 2 aromatic rings. The first-order valence-electron chi connectivity index (χ1n) is 8.78. The van der Waals surface area contributed by atoms with Gasteiger partial charge in [0.05, 0.1) is 6.20 Å². The molecule has 0 unspecified atom stereocenters. The van der Waals surface area contributed by atoms with Crippen molar-refractivity contribution in [1.82, 2.24) is 19.6 Å². The van der Waals surface area contributed by atoms with Gasteiger partial charge in [0.1, 0.15) is 12.8 Å². The topological polar surface area (TPSA) is 50.6 Å². The van der Waals surface area contributed by atoms with Crippen LogP contribution in [-0.4, -0.2) is 58.0 Å². The van der Waals surface area contributed by atoms with E-state index in [1.54, 1.807) is 17.9 Å². The summed E-state index contributed by atoms with van der Waals surface area (Å²) in [6.45, 7) is 1.69. The van der Waals surface area contributed by atoms with Crippen LogP contribution in [0.15, 0.2) is 42.7 Å². The van der Waals surface area contributed by atoms with Gasteiger partial charge in [-0.2, -0.15) is 5.10 Å². The highest BCUT2D eigenvalue weighted by atomic mass is 19.1. The number of aryl methyl sites for hydroxylation is 1. The lowest BCUT2D eigenvalue weighted by atomic mass is 10.2. The number of amides is 1. The van der Waals surface area contributed by atoms with Gasteiger partial charge in [-0.15, -0.1) is 0 Å². The van der Waals surface area contributed by atoms with Crippen molar-refractivity contribution in [2.24, 2.45) is 7.05 Å². The quantitative estimate of drug-likeness (QED) is 0.795. The van der Waals surface area contributed by atoms with E-state index in [2.05, 4.69) is 10.00 Å². The summed E-state index contributed by atoms with van der Waals surface area (Å²) in [5, 5.41) is 4.16. The smallest absolute Gasteiger partial charge is 0.409 e. The van der Waals surface area contributed by atoms with Crippen molar-refractivity contribution in [3.63, 3.8) is 0 Å². The molecule has 0 aliphatic carbocycles. The Morgan fingerprint density at radius 2 is 2.12 bits per heavy atom. The molecule has 0 saturated carbocycles. The highest BCUT2D eigenvalue weighted by Gasteiger charge is 2.33. The van der Waals surface area contributed by atoms with E-state index in [1.165, 1.54) is 4.90 Å². The first kappa shape index (κ1) is 18.4. The van der Waals surface area contributed by atoms with E-state index in [4.69, 9.17) is 4.74 Å². The molecule has 2 heterocycles. The van der Waals surface area contributed by atoms with Gasteiger partial charge in [0.25, 0.3) is 0 Å². The fourth-order valence-corrected chi connectivity index (χ4v) is 3.31. The fraction of sp³-hybridized carbons (Fsp3) is 0.474. The van der Waals surface area contributed by atoms with Gasteiger partial charge in [0, 0.05) is 51.5 Å². The van der Waals surface area contributed by atoms with E-state index < -0.39 is 12.3 Å². The van der Waals surface area contributed by atoms with Gasteiger partial charge in [-0.1, -0.05) is 30.3 Å². The lowest BCUT2D eigenvalue weighted by Gasteiger charge is -2.27. The molecule has 1 aliphatic heterocycles. The standard InChI is InChI=1S/C19H25FN4O2/c1-22(19(25)26-14-15-6-4-3-5-7-15)13-18-8-17(20)12-24(18)11-16-9-21-23(2)10-16/h3-7,9-10,17-18H,8,11-14H2,1-2H3/t17-,18-/m0/s1. The Labute approximate surface area is 153 Å². The minimum atomic E-state index is -0.870. The van der Waals surface area contributed by atoms with Crippen LogP contribution in [0.3, 0.4) is 0 Å². The summed E-state index contributed by atoms with van der Waals surface area (Å²) in [5.41, 5.74) is 1.98. The first-order chi connectivity index (χ1) is 12.5. The average Bonchev–Trinajstić information content (AvgIpc) is 3.19. The number of likely N-dealkylation sites (N-methyl/N-ethyl adjacent to an activating group) is 1. The number of likely N-dealkylation sites (tertiary alicyclic amines) is 1. The van der Waals surface area contributed by atoms with Gasteiger partial charge >= 0.3 is 6.09 Å². The summed E-state index contributed by atoms with van der Waals surface area (Å²) < 4.78 is 21.0. The van der Waals surface area contributed by atoms with E-state index >= 15 is 0 Å². The molecule has 26 heavy (non-hydrogen) atoms. The van der Waals surface area contributed by atoms with Crippen LogP contribution in [0.25, 0.3) is 0 Å². The minimum absolute atomic E-state index is 0.0283. The molecule has 1 aromatic carbocycles. The second-order valence-corrected chi connectivity index (χ2v) is 6.86. The molecule has 6 nitrogen and oxygen atoms in total. The van der Waals surface area contributed by atoms with E-state index in [0.717, 1.165) is 11.1 Å². The van der Waals surface area contributed by atoms with Crippen LogP contribution in [0, 0.1) is 0 Å². The second-order valence-electron chi connectivity index (χ2n) is 6.86. The zero-order valence-corrected chi connectivity index (χ0v) is 15.2. The third-order valence-electron chi connectivity index (χ3n) is 4.62. The Morgan fingerprint density at radius 1 is 1.35 bits per heavy atom. The number of carbonyl (C=O) groups is 1. The predicted molar refractivity (Wildman–Crippen MR) is 96.2 cm³/mol. The van der Waals surface area contributed by atoms with Crippen LogP contribution in [0.5, 0.6) is 0 Å². The molecule has 0 N–H and O–H groups in total. The molecule has 1 aromatic heterocycles. The molecule has 1 aliphatic rings. The molecule has 0 bridgehead atoms. The first-order valence-corrected chi connectivity index (χ1v) is 8.78. The van der Waals surface area contributed by atoms with Gasteiger partial charge in [0.15, 0.2) is 0 Å². The summed E-state index contributed by atoms with van der Waals surface area (Å²) in [6, 6.07) is 9.52. The summed E-state index contributed by atoms with van der Waals surface area (Å²) in [5.74, 6) is 0. The maximum absolute atomic E-state index is 14.0. The molecule has 0 radical (unpaired) electrons. The van der Waals surface area contributed by atoms with Crippen molar-refractivity contribution in [2.75, 3.05) is 20.1 Å². The zero-order chi connectivity index (χ0) is 18.5. The molecule has 1 amide bonds. The van der Waals surface area contributed by atoms with Crippen LogP contribution >= 0.6 is 0 Å². The van der Waals surface area contributed by atoms with Gasteiger partial charge in [0.2, 0.25) is 0 Å². The number of carbonyl (C=O) groups excluding carboxylic acids is 1. The van der Waals surface area contributed by atoms with E-state index in [9.17, 15) is 9.18 Å². The number of rotatable bonds is 6. The molecule has 7 heteroatoms. The van der Waals surface area contributed by atoms with Crippen molar-refractivity contribution in [2.45, 2.75) is 31.8 Å². The summed E-state index contributed by atoms with van der Waals surface area (Å²) in [7, 11) is 3.56. The lowest BCUT2D eigenvalue weighted by molar-refractivity contribution is 0.0936. The van der Waals surface area contributed by atoms with Crippen molar-refractivity contribution in [3.8, 4) is 0 Å². The molecule has 2 atom stereocenters. The van der Waals surface area contributed by atoms with Crippen LogP contribution in [0.4, 0.5) is 9.18 Å². The van der Waals surface area contributed by atoms with Crippen LogP contribution < -0.4 is 0 Å². The molecular weight excluding hydrogens is 335 g/mol. The van der Waals surface area contributed by atoms with Crippen molar-refractivity contribution >= 4 is 6.09 Å². The normalized spacial score (nSPS) is 20.3. The monoisotopic (exact) mass is 360 g/mol. The molecule has 1 saturated heterocycles. The Bertz CT molecular complexity index is 721. The number of halogens is 1. The third-order valence-corrected chi connectivity index (χ3v) is 4.62. The van der Waals surface area contributed by atoms with Crippen molar-refractivity contribution in [1.29, 1.82) is 0 Å². The molecule has 140 valence electrons. The number of hydrogen-bond acceptors (Lipinski definition) is 4. The highest BCUT2D eigenvalue weighted by molar-refractivity contribution is 5.67. The van der Waals surface area contributed by atoms with E-state index in [-0.39, 0.29) is 12.6 Å². The zero-order valence-electron chi connectivity index (χ0n) is 15.2. The third kappa shape index (κ3) is 4.82. The fourth-order valence-electron chi connectivity index (χ4n) is 3.31. The Hall–Kier alpha value is -2.41. The van der Waals surface area contributed by atoms with Gasteiger partial charge < -0.3 is 9.64 Å². The Balaban J connectivity index is 1.52. The lowest BCUT2D eigenvalue weighted by Crippen LogP contribution is -2.41. The number of aromatic nitrogens is 2. The maximum atomic E-state index is 14.0. The van der Waals surface area contributed by atoms with E-state index in [1.807, 2.05) is 43.6 Å². The molecule has 0 spiro atoms. The number of ether oxygens (including phenoxy) is 1. The number of benzene rings is 1. The summed E-state index contributed by atoms with van der Waals surface area (Å²) in [6.07, 6.45) is 2.89. The van der Waals surface area contributed by atoms with Crippen LogP contribution in [0.2, 0.25) is 0 Å². The number of hydrogen-bond donors (Lipinski definition) is 0. The maximum Gasteiger partial charge on any atom is 0.409 e. The van der Waals surface area contributed by atoms with Crippen LogP contribution in [-0.2, 0) is 24.9 Å². The SMILES string of the molecule is CN(C[C@@H]1C[C@H](F)CN1Cc1cnn(C)c1)C(=O)OCc1ccccc1.